The van der Waals surface area contributed by atoms with Gasteiger partial charge >= 0.3 is 0 Å². The predicted octanol–water partition coefficient (Wildman–Crippen LogP) is 2.58. The predicted molar refractivity (Wildman–Crippen MR) is 83.7 cm³/mol. The van der Waals surface area contributed by atoms with Gasteiger partial charge in [0.05, 0.1) is 5.69 Å². The number of nitrogens with one attached hydrogen (secondary N) is 1. The number of ether oxygens (including phenoxy) is 1. The van der Waals surface area contributed by atoms with E-state index in [-0.39, 0.29) is 12.5 Å². The van der Waals surface area contributed by atoms with Crippen LogP contribution in [-0.2, 0) is 4.79 Å². The first-order valence-corrected chi connectivity index (χ1v) is 8.05. The van der Waals surface area contributed by atoms with E-state index in [1.807, 2.05) is 29.2 Å². The molecular weight excluding hydrogens is 264 g/mol. The lowest BCUT2D eigenvalue weighted by molar-refractivity contribution is -0.121. The Hall–Kier alpha value is -1.55. The van der Waals surface area contributed by atoms with Crippen LogP contribution in [-0.4, -0.2) is 31.6 Å². The van der Waals surface area contributed by atoms with E-state index in [1.165, 1.54) is 19.3 Å². The molecule has 114 valence electrons. The molecule has 2 unspecified atom stereocenters. The molecule has 1 fully saturated rings. The van der Waals surface area contributed by atoms with Crippen molar-refractivity contribution in [3.05, 3.63) is 24.3 Å². The molecule has 0 aromatic heterocycles. The summed E-state index contributed by atoms with van der Waals surface area (Å²) >= 11 is 0. The highest BCUT2D eigenvalue weighted by Gasteiger charge is 2.29. The number of nitrogens with zero attached hydrogens (tertiary/aromatic N) is 1. The zero-order chi connectivity index (χ0) is 14.7. The van der Waals surface area contributed by atoms with Crippen molar-refractivity contribution >= 4 is 11.6 Å². The number of hydrogen-bond donors (Lipinski definition) is 1. The number of hydrogen-bond acceptors (Lipinski definition) is 3. The van der Waals surface area contributed by atoms with Crippen molar-refractivity contribution in [1.29, 1.82) is 0 Å². The van der Waals surface area contributed by atoms with Gasteiger partial charge in [0.25, 0.3) is 5.91 Å². The molecule has 1 aliphatic heterocycles. The molecule has 0 radical (unpaired) electrons. The van der Waals surface area contributed by atoms with Crippen LogP contribution >= 0.6 is 0 Å². The van der Waals surface area contributed by atoms with Crippen molar-refractivity contribution in [3.63, 3.8) is 0 Å². The van der Waals surface area contributed by atoms with Gasteiger partial charge < -0.3 is 15.0 Å². The highest BCUT2D eigenvalue weighted by atomic mass is 16.5. The van der Waals surface area contributed by atoms with E-state index < -0.39 is 0 Å². The van der Waals surface area contributed by atoms with Crippen LogP contribution in [0, 0.1) is 5.92 Å². The third-order valence-corrected chi connectivity index (χ3v) is 4.66. The Morgan fingerprint density at radius 1 is 1.33 bits per heavy atom. The second-order valence-corrected chi connectivity index (χ2v) is 5.95. The minimum Gasteiger partial charge on any atom is -0.482 e. The molecule has 2 atom stereocenters. The van der Waals surface area contributed by atoms with E-state index in [0.29, 0.717) is 12.0 Å². The summed E-state index contributed by atoms with van der Waals surface area (Å²) in [6.07, 6.45) is 4.91. The first-order valence-electron chi connectivity index (χ1n) is 8.05. The normalized spacial score (nSPS) is 24.8. The van der Waals surface area contributed by atoms with Gasteiger partial charge in [0.2, 0.25) is 0 Å². The molecule has 0 spiro atoms. The van der Waals surface area contributed by atoms with Crippen LogP contribution in [0.5, 0.6) is 5.75 Å². The van der Waals surface area contributed by atoms with Crippen molar-refractivity contribution in [2.45, 2.75) is 38.6 Å². The van der Waals surface area contributed by atoms with Gasteiger partial charge in [-0.3, -0.25) is 4.79 Å². The number of carbonyl (C=O) groups excluding carboxylic acids is 1. The van der Waals surface area contributed by atoms with E-state index >= 15 is 0 Å². The van der Waals surface area contributed by atoms with Gasteiger partial charge in [0, 0.05) is 12.6 Å². The fourth-order valence-corrected chi connectivity index (χ4v) is 3.61. The minimum atomic E-state index is 0.0756. The molecule has 0 bridgehead atoms. The molecule has 1 heterocycles. The molecule has 21 heavy (non-hydrogen) atoms. The number of rotatable bonds is 5. The molecule has 1 aromatic carbocycles. The summed E-state index contributed by atoms with van der Waals surface area (Å²) in [7, 11) is 0. The fraction of sp³-hybridized carbons (Fsp3) is 0.588. The van der Waals surface area contributed by atoms with E-state index in [2.05, 4.69) is 12.2 Å². The summed E-state index contributed by atoms with van der Waals surface area (Å²) < 4.78 is 5.49. The Morgan fingerprint density at radius 3 is 3.05 bits per heavy atom. The number of amides is 1. The molecule has 3 rings (SSSR count). The summed E-state index contributed by atoms with van der Waals surface area (Å²) in [6.45, 7) is 4.15. The maximum absolute atomic E-state index is 12.2. The fourth-order valence-electron chi connectivity index (χ4n) is 3.61. The van der Waals surface area contributed by atoms with Crippen LogP contribution < -0.4 is 15.0 Å². The largest absolute Gasteiger partial charge is 0.482 e. The molecule has 1 N–H and O–H groups in total. The van der Waals surface area contributed by atoms with E-state index in [9.17, 15) is 4.79 Å². The molecule has 2 aliphatic rings. The average Bonchev–Trinajstić information content (AvgIpc) is 2.94. The zero-order valence-electron chi connectivity index (χ0n) is 12.7. The second kappa shape index (κ2) is 6.48. The van der Waals surface area contributed by atoms with Gasteiger partial charge in [0.1, 0.15) is 5.75 Å². The average molecular weight is 288 g/mol. The van der Waals surface area contributed by atoms with Crippen LogP contribution in [0.2, 0.25) is 0 Å². The smallest absolute Gasteiger partial charge is 0.265 e. The highest BCUT2D eigenvalue weighted by molar-refractivity contribution is 5.97. The summed E-state index contributed by atoms with van der Waals surface area (Å²) in [6, 6.07) is 8.45. The van der Waals surface area contributed by atoms with Crippen LogP contribution in [0.3, 0.4) is 0 Å². The Balaban J connectivity index is 1.66. The number of fused-ring (bicyclic) bond motifs is 1. The highest BCUT2D eigenvalue weighted by Crippen LogP contribution is 2.34. The summed E-state index contributed by atoms with van der Waals surface area (Å²) in [5.74, 6) is 1.59. The van der Waals surface area contributed by atoms with Crippen LogP contribution in [0.1, 0.15) is 32.6 Å². The SMILES string of the molecule is CCNC1CCCC1CCN1C(=O)COc2ccccc21. The van der Waals surface area contributed by atoms with E-state index in [1.54, 1.807) is 0 Å². The Bertz CT molecular complexity index is 503. The Labute approximate surface area is 126 Å². The standard InChI is InChI=1S/C17H24N2O2/c1-2-18-14-7-5-6-13(14)10-11-19-15-8-3-4-9-16(15)21-12-17(19)20/h3-4,8-9,13-14,18H,2,5-7,10-12H2,1H3. The maximum atomic E-state index is 12.2. The van der Waals surface area contributed by atoms with Gasteiger partial charge in [-0.15, -0.1) is 0 Å². The number of para-hydroxylation sites is 2. The number of benzene rings is 1. The monoisotopic (exact) mass is 288 g/mol. The van der Waals surface area contributed by atoms with Gasteiger partial charge in [-0.05, 0) is 43.9 Å². The quantitative estimate of drug-likeness (QED) is 0.905. The third kappa shape index (κ3) is 3.05. The second-order valence-electron chi connectivity index (χ2n) is 5.95. The van der Waals surface area contributed by atoms with Gasteiger partial charge in [-0.2, -0.15) is 0 Å². The Kier molecular flexibility index (Phi) is 4.44. The Morgan fingerprint density at radius 2 is 2.19 bits per heavy atom. The lowest BCUT2D eigenvalue weighted by Crippen LogP contribution is -2.41. The summed E-state index contributed by atoms with van der Waals surface area (Å²) in [4.78, 5) is 14.1. The zero-order valence-corrected chi connectivity index (χ0v) is 12.7. The number of anilines is 1. The molecule has 0 saturated heterocycles. The molecule has 1 aliphatic carbocycles. The first-order chi connectivity index (χ1) is 10.3. The van der Waals surface area contributed by atoms with Crippen molar-refractivity contribution in [2.24, 2.45) is 5.92 Å². The first kappa shape index (κ1) is 14.4. The molecule has 1 saturated carbocycles. The molecule has 1 amide bonds. The lowest BCUT2D eigenvalue weighted by Gasteiger charge is -2.31. The van der Waals surface area contributed by atoms with Gasteiger partial charge in [-0.25, -0.2) is 0 Å². The maximum Gasteiger partial charge on any atom is 0.265 e. The third-order valence-electron chi connectivity index (χ3n) is 4.66. The molecule has 1 aromatic rings. The topological polar surface area (TPSA) is 41.6 Å². The van der Waals surface area contributed by atoms with Crippen molar-refractivity contribution in [2.75, 3.05) is 24.6 Å². The van der Waals surface area contributed by atoms with Crippen molar-refractivity contribution in [1.82, 2.24) is 5.32 Å². The molecular formula is C17H24N2O2. The van der Waals surface area contributed by atoms with Crippen molar-refractivity contribution < 1.29 is 9.53 Å². The van der Waals surface area contributed by atoms with Crippen LogP contribution in [0.25, 0.3) is 0 Å². The van der Waals surface area contributed by atoms with Crippen LogP contribution in [0.15, 0.2) is 24.3 Å². The molecule has 4 heteroatoms. The summed E-state index contributed by atoms with van der Waals surface area (Å²) in [5.41, 5.74) is 0.923. The van der Waals surface area contributed by atoms with E-state index in [4.69, 9.17) is 4.74 Å². The van der Waals surface area contributed by atoms with Gasteiger partial charge in [0.15, 0.2) is 6.61 Å². The lowest BCUT2D eigenvalue weighted by atomic mass is 9.99. The molecule has 4 nitrogen and oxygen atoms in total. The summed E-state index contributed by atoms with van der Waals surface area (Å²) in [5, 5.41) is 3.58. The van der Waals surface area contributed by atoms with Crippen LogP contribution in [0.4, 0.5) is 5.69 Å². The van der Waals surface area contributed by atoms with Gasteiger partial charge in [-0.1, -0.05) is 25.5 Å². The number of carbonyl (C=O) groups is 1. The van der Waals surface area contributed by atoms with E-state index in [0.717, 1.165) is 30.9 Å². The van der Waals surface area contributed by atoms with Crippen molar-refractivity contribution in [3.8, 4) is 5.75 Å². The minimum absolute atomic E-state index is 0.0756.